The minimum Gasteiger partial charge on any atom is -0.345 e. The second-order valence-electron chi connectivity index (χ2n) is 9.06. The molecule has 1 saturated heterocycles. The molecule has 0 spiro atoms. The molecule has 1 fully saturated rings. The molecule has 3 N–H and O–H groups in total. The average molecular weight is 522 g/mol. The number of aromatic nitrogens is 4. The summed E-state index contributed by atoms with van der Waals surface area (Å²) in [4.78, 5) is 44.0. The van der Waals surface area contributed by atoms with Gasteiger partial charge in [0, 0.05) is 55.4 Å². The van der Waals surface area contributed by atoms with E-state index in [1.807, 2.05) is 13.8 Å². The zero-order valence-corrected chi connectivity index (χ0v) is 21.1. The Morgan fingerprint density at radius 3 is 2.70 bits per heavy atom. The number of rotatable bonds is 6. The molecule has 9 nitrogen and oxygen atoms in total. The van der Waals surface area contributed by atoms with Crippen LogP contribution < -0.4 is 10.6 Å². The molecule has 4 heterocycles. The number of carbonyl (C=O) groups excluding carboxylic acids is 2. The predicted molar refractivity (Wildman–Crippen MR) is 140 cm³/mol. The number of nitrogens with zero attached hydrogens (tertiary/aromatic N) is 4. The van der Waals surface area contributed by atoms with E-state index in [0.717, 1.165) is 5.56 Å². The van der Waals surface area contributed by atoms with Gasteiger partial charge in [-0.15, -0.1) is 0 Å². The highest BCUT2D eigenvalue weighted by molar-refractivity contribution is 6.45. The third-order valence-corrected chi connectivity index (χ3v) is 6.51. The Morgan fingerprint density at radius 1 is 1.16 bits per heavy atom. The Balaban J connectivity index is 1.56. The lowest BCUT2D eigenvalue weighted by molar-refractivity contribution is -0.126. The fraction of sp³-hybridized carbons (Fsp3) is 0.269. The van der Waals surface area contributed by atoms with Crippen molar-refractivity contribution in [3.8, 4) is 11.4 Å². The number of pyridine rings is 1. The number of anilines is 2. The van der Waals surface area contributed by atoms with Gasteiger partial charge in [0.15, 0.2) is 5.82 Å². The second kappa shape index (κ2) is 10.2. The molecule has 1 aliphatic heterocycles. The highest BCUT2D eigenvalue weighted by Crippen LogP contribution is 2.33. The van der Waals surface area contributed by atoms with Crippen molar-refractivity contribution in [2.75, 3.05) is 31.5 Å². The molecule has 0 saturated carbocycles. The Labute approximate surface area is 217 Å². The van der Waals surface area contributed by atoms with Crippen LogP contribution in [-0.4, -0.2) is 62.7 Å². The summed E-state index contributed by atoms with van der Waals surface area (Å²) in [6.07, 6.45) is 4.73. The van der Waals surface area contributed by atoms with Gasteiger partial charge < -0.3 is 20.5 Å². The third-order valence-electron chi connectivity index (χ3n) is 6.28. The quantitative estimate of drug-likeness (QED) is 0.256. The van der Waals surface area contributed by atoms with Crippen molar-refractivity contribution in [1.82, 2.24) is 30.2 Å². The minimum atomic E-state index is -0.613. The molecule has 37 heavy (non-hydrogen) atoms. The van der Waals surface area contributed by atoms with Gasteiger partial charge >= 0.3 is 0 Å². The maximum Gasteiger partial charge on any atom is 0.295 e. The lowest BCUT2D eigenvalue weighted by Gasteiger charge is -2.26. The number of benzene rings is 1. The van der Waals surface area contributed by atoms with Crippen molar-refractivity contribution < 1.29 is 14.0 Å². The van der Waals surface area contributed by atoms with Crippen molar-refractivity contribution in [2.24, 2.45) is 0 Å². The summed E-state index contributed by atoms with van der Waals surface area (Å²) in [7, 11) is 0. The van der Waals surface area contributed by atoms with Crippen LogP contribution in [0.3, 0.4) is 0 Å². The van der Waals surface area contributed by atoms with Crippen LogP contribution in [0, 0.1) is 5.82 Å². The Bertz CT molecular complexity index is 1500. The van der Waals surface area contributed by atoms with Crippen LogP contribution in [0.1, 0.15) is 35.7 Å². The number of hydrogen-bond donors (Lipinski definition) is 3. The Morgan fingerprint density at radius 2 is 1.95 bits per heavy atom. The molecule has 0 bridgehead atoms. The number of H-pyrrole nitrogens is 1. The number of carbonyl (C=O) groups is 2. The molecular formula is C26H25ClFN7O2. The normalized spacial score (nSPS) is 13.8. The van der Waals surface area contributed by atoms with E-state index in [4.69, 9.17) is 11.6 Å². The summed E-state index contributed by atoms with van der Waals surface area (Å²) in [5, 5.41) is 7.30. The first kappa shape index (κ1) is 24.8. The third kappa shape index (κ3) is 4.90. The van der Waals surface area contributed by atoms with E-state index in [-0.39, 0.29) is 22.9 Å². The number of amides is 1. The lowest BCUT2D eigenvalue weighted by atomic mass is 10.0. The van der Waals surface area contributed by atoms with E-state index in [2.05, 4.69) is 30.6 Å². The predicted octanol–water partition coefficient (Wildman–Crippen LogP) is 4.29. The van der Waals surface area contributed by atoms with Gasteiger partial charge in [0.1, 0.15) is 17.3 Å². The highest BCUT2D eigenvalue weighted by atomic mass is 35.5. The number of ketones is 1. The molecule has 11 heteroatoms. The Kier molecular flexibility index (Phi) is 6.86. The van der Waals surface area contributed by atoms with Crippen LogP contribution in [0.2, 0.25) is 5.02 Å². The maximum absolute atomic E-state index is 14.6. The van der Waals surface area contributed by atoms with Crippen molar-refractivity contribution in [3.05, 3.63) is 64.8 Å². The molecule has 0 aliphatic carbocycles. The van der Waals surface area contributed by atoms with Crippen LogP contribution in [0.4, 0.5) is 15.9 Å². The van der Waals surface area contributed by atoms with Gasteiger partial charge in [0.2, 0.25) is 0 Å². The molecule has 5 rings (SSSR count). The molecule has 3 aromatic heterocycles. The molecule has 0 unspecified atom stereocenters. The van der Waals surface area contributed by atoms with Crippen LogP contribution in [0.25, 0.3) is 22.4 Å². The van der Waals surface area contributed by atoms with Gasteiger partial charge in [-0.3, -0.25) is 9.59 Å². The molecule has 1 aromatic carbocycles. The van der Waals surface area contributed by atoms with Gasteiger partial charge in [0.05, 0.1) is 22.2 Å². The van der Waals surface area contributed by atoms with Crippen molar-refractivity contribution in [2.45, 2.75) is 19.8 Å². The summed E-state index contributed by atoms with van der Waals surface area (Å²) in [5.41, 5.74) is 2.15. The van der Waals surface area contributed by atoms with Gasteiger partial charge in [-0.1, -0.05) is 25.4 Å². The van der Waals surface area contributed by atoms with E-state index in [1.165, 1.54) is 24.4 Å². The summed E-state index contributed by atoms with van der Waals surface area (Å²) in [5.74, 6) is -1.02. The number of hydrogen-bond acceptors (Lipinski definition) is 7. The van der Waals surface area contributed by atoms with Crippen molar-refractivity contribution in [1.29, 1.82) is 0 Å². The fourth-order valence-electron chi connectivity index (χ4n) is 4.31. The number of halogens is 2. The number of fused-ring (bicyclic) bond motifs is 1. The summed E-state index contributed by atoms with van der Waals surface area (Å²) in [6.45, 7) is 6.20. The van der Waals surface area contributed by atoms with E-state index >= 15 is 0 Å². The molecule has 4 aromatic rings. The number of Topliss-reactive ketones (excluding diaryl/α,β-unsaturated/α-hetero) is 1. The first-order valence-corrected chi connectivity index (χ1v) is 12.3. The molecule has 190 valence electrons. The van der Waals surface area contributed by atoms with Crippen LogP contribution >= 0.6 is 11.6 Å². The molecule has 0 atom stereocenters. The van der Waals surface area contributed by atoms with Crippen molar-refractivity contribution in [3.63, 3.8) is 0 Å². The lowest BCUT2D eigenvalue weighted by Crippen LogP contribution is -2.48. The zero-order chi connectivity index (χ0) is 26.1. The second-order valence-corrected chi connectivity index (χ2v) is 9.49. The molecule has 1 amide bonds. The highest BCUT2D eigenvalue weighted by Gasteiger charge is 2.28. The van der Waals surface area contributed by atoms with Crippen LogP contribution in [0.15, 0.2) is 42.9 Å². The van der Waals surface area contributed by atoms with Gasteiger partial charge in [-0.2, -0.15) is 0 Å². The fourth-order valence-corrected chi connectivity index (χ4v) is 4.48. The monoisotopic (exact) mass is 521 g/mol. The summed E-state index contributed by atoms with van der Waals surface area (Å²) in [6, 6.07) is 5.90. The standard InChI is InChI=1S/C26H25ClFN7O2/c1-14(2)17-12-31-23(16-11-15(27)3-4-19(16)28)34-24(17)33-20-5-6-30-25-21(20)18(13-32-25)22(36)26(37)35-9-7-29-8-10-35/h3-6,11-14,29H,7-10H2,1-2H3,(H2,30,31,32,33,34). The average Bonchev–Trinajstić information content (AvgIpc) is 3.35. The van der Waals surface area contributed by atoms with Crippen LogP contribution in [-0.2, 0) is 4.79 Å². The van der Waals surface area contributed by atoms with E-state index in [1.54, 1.807) is 23.4 Å². The first-order valence-electron chi connectivity index (χ1n) is 11.9. The van der Waals surface area contributed by atoms with Crippen LogP contribution in [0.5, 0.6) is 0 Å². The van der Waals surface area contributed by atoms with Crippen molar-refractivity contribution >= 4 is 45.8 Å². The van der Waals surface area contributed by atoms with Gasteiger partial charge in [-0.05, 0) is 30.2 Å². The van der Waals surface area contributed by atoms with Gasteiger partial charge in [0.25, 0.3) is 11.7 Å². The zero-order valence-electron chi connectivity index (χ0n) is 20.3. The van der Waals surface area contributed by atoms with E-state index in [0.29, 0.717) is 53.7 Å². The number of nitrogens with one attached hydrogen (secondary N) is 3. The molecular weight excluding hydrogens is 497 g/mol. The molecule has 0 radical (unpaired) electrons. The summed E-state index contributed by atoms with van der Waals surface area (Å²) < 4.78 is 14.6. The van der Waals surface area contributed by atoms with E-state index in [9.17, 15) is 14.0 Å². The largest absolute Gasteiger partial charge is 0.345 e. The van der Waals surface area contributed by atoms with Gasteiger partial charge in [-0.25, -0.2) is 19.3 Å². The Hall–Kier alpha value is -3.89. The topological polar surface area (TPSA) is 116 Å². The summed E-state index contributed by atoms with van der Waals surface area (Å²) >= 11 is 6.08. The minimum absolute atomic E-state index is 0.0414. The number of piperazine rings is 1. The molecule has 1 aliphatic rings. The smallest absolute Gasteiger partial charge is 0.295 e. The maximum atomic E-state index is 14.6. The first-order chi connectivity index (χ1) is 17.8. The SMILES string of the molecule is CC(C)c1cnc(-c2cc(Cl)ccc2F)nc1Nc1ccnc2[nH]cc(C(=O)C(=O)N3CCNCC3)c12. The van der Waals surface area contributed by atoms with E-state index < -0.39 is 17.5 Å². The number of aromatic amines is 1.